The van der Waals surface area contributed by atoms with E-state index >= 15 is 0 Å². The maximum atomic E-state index is 13.5. The third-order valence-electron chi connectivity index (χ3n) is 2.18. The molecule has 0 saturated heterocycles. The van der Waals surface area contributed by atoms with Gasteiger partial charge >= 0.3 is 0 Å². The minimum Gasteiger partial charge on any atom is -0.591 e. The van der Waals surface area contributed by atoms with Gasteiger partial charge in [0.2, 0.25) is 0 Å². The lowest BCUT2D eigenvalue weighted by Crippen LogP contribution is -2.25. The lowest BCUT2D eigenvalue weighted by molar-refractivity contribution is 0.185. The summed E-state index contributed by atoms with van der Waals surface area (Å²) in [6.07, 6.45) is 1.32. The molecule has 0 fully saturated rings. The van der Waals surface area contributed by atoms with Gasteiger partial charge < -0.3 is 9.29 Å². The van der Waals surface area contributed by atoms with Crippen LogP contribution in [0.25, 0.3) is 0 Å². The Morgan fingerprint density at radius 3 is 2.67 bits per heavy atom. The first-order valence-corrected chi connectivity index (χ1v) is 6.68. The van der Waals surface area contributed by atoms with Crippen molar-refractivity contribution in [3.63, 3.8) is 0 Å². The van der Waals surface area contributed by atoms with Crippen LogP contribution >= 0.6 is 0 Å². The van der Waals surface area contributed by atoms with Crippen molar-refractivity contribution in [3.05, 3.63) is 35.1 Å². The zero-order valence-corrected chi connectivity index (χ0v) is 11.9. The van der Waals surface area contributed by atoms with Crippen LogP contribution in [-0.2, 0) is 22.7 Å². The summed E-state index contributed by atoms with van der Waals surface area (Å²) in [5.74, 6) is -0.385. The van der Waals surface area contributed by atoms with E-state index in [-0.39, 0.29) is 5.82 Å². The highest BCUT2D eigenvalue weighted by Crippen LogP contribution is 2.17. The normalized spacial score (nSPS) is 14.1. The van der Waals surface area contributed by atoms with Crippen LogP contribution in [-0.4, -0.2) is 22.6 Å². The molecule has 0 aliphatic carbocycles. The van der Waals surface area contributed by atoms with Crippen molar-refractivity contribution in [2.45, 2.75) is 32.1 Å². The Hall–Kier alpha value is -0.910. The molecule has 0 aliphatic heterocycles. The van der Waals surface area contributed by atoms with E-state index in [9.17, 15) is 8.94 Å². The number of benzene rings is 1. The second-order valence-corrected chi connectivity index (χ2v) is 6.82. The third kappa shape index (κ3) is 4.40. The molecule has 0 aromatic heterocycles. The van der Waals surface area contributed by atoms with Gasteiger partial charge in [-0.3, -0.25) is 0 Å². The van der Waals surface area contributed by atoms with Crippen LogP contribution in [0.2, 0.25) is 0 Å². The predicted molar refractivity (Wildman–Crippen MR) is 72.6 cm³/mol. The maximum Gasteiger partial charge on any atom is 0.144 e. The summed E-state index contributed by atoms with van der Waals surface area (Å²) in [5.41, 5.74) is 1.17. The molecule has 0 N–H and O–H groups in total. The standard InChI is InChI=1S/C13H18FNO2S/c1-13(2,3)18(16)15-8-11-7-10(9-17-4)5-6-12(11)14/h5-8H,9H2,1-4H3/b15-8+/t18-/m1/s1. The molecule has 1 rings (SSSR count). The van der Waals surface area contributed by atoms with Crippen molar-refractivity contribution in [1.29, 1.82) is 0 Å². The van der Waals surface area contributed by atoms with Gasteiger partial charge in [-0.2, -0.15) is 0 Å². The highest BCUT2D eigenvalue weighted by Gasteiger charge is 2.25. The first-order valence-electron chi connectivity index (χ1n) is 5.58. The maximum absolute atomic E-state index is 13.5. The molecular weight excluding hydrogens is 253 g/mol. The van der Waals surface area contributed by atoms with Gasteiger partial charge in [0, 0.05) is 12.7 Å². The molecule has 1 atom stereocenters. The summed E-state index contributed by atoms with van der Waals surface area (Å²) in [5, 5.41) is 0. The van der Waals surface area contributed by atoms with Crippen LogP contribution in [0.15, 0.2) is 22.6 Å². The molecule has 0 spiro atoms. The molecule has 18 heavy (non-hydrogen) atoms. The van der Waals surface area contributed by atoms with E-state index < -0.39 is 16.1 Å². The van der Waals surface area contributed by atoms with E-state index in [1.165, 1.54) is 12.3 Å². The number of hydrogen-bond donors (Lipinski definition) is 0. The van der Waals surface area contributed by atoms with Gasteiger partial charge in [-0.25, -0.2) is 4.39 Å². The highest BCUT2D eigenvalue weighted by atomic mass is 32.2. The van der Waals surface area contributed by atoms with Crippen LogP contribution < -0.4 is 0 Å². The van der Waals surface area contributed by atoms with Crippen LogP contribution in [0.3, 0.4) is 0 Å². The second-order valence-electron chi connectivity index (χ2n) is 4.88. The van der Waals surface area contributed by atoms with E-state index in [1.54, 1.807) is 19.2 Å². The number of halogens is 1. The van der Waals surface area contributed by atoms with Crippen LogP contribution in [0.4, 0.5) is 4.39 Å². The number of nitrogens with zero attached hydrogens (tertiary/aromatic N) is 1. The Kier molecular flexibility index (Phi) is 5.31. The molecule has 3 nitrogen and oxygen atoms in total. The van der Waals surface area contributed by atoms with Gasteiger partial charge in [-0.05, 0) is 38.5 Å². The zero-order chi connectivity index (χ0) is 13.8. The Labute approximate surface area is 110 Å². The number of methoxy groups -OCH3 is 1. The molecule has 0 saturated carbocycles. The Morgan fingerprint density at radius 1 is 1.44 bits per heavy atom. The molecule has 0 amide bonds. The van der Waals surface area contributed by atoms with Gasteiger partial charge in [0.15, 0.2) is 0 Å². The van der Waals surface area contributed by atoms with Gasteiger partial charge in [0.25, 0.3) is 0 Å². The molecule has 0 unspecified atom stereocenters. The monoisotopic (exact) mass is 271 g/mol. The van der Waals surface area contributed by atoms with Gasteiger partial charge in [-0.15, -0.1) is 0 Å². The van der Waals surface area contributed by atoms with E-state index in [2.05, 4.69) is 4.40 Å². The molecule has 100 valence electrons. The first-order chi connectivity index (χ1) is 8.34. The Bertz CT molecular complexity index is 429. The van der Waals surface area contributed by atoms with E-state index in [0.29, 0.717) is 12.2 Å². The van der Waals surface area contributed by atoms with Gasteiger partial charge in [0.05, 0.1) is 12.8 Å². The summed E-state index contributed by atoms with van der Waals surface area (Å²) in [4.78, 5) is 0. The topological polar surface area (TPSA) is 44.6 Å². The molecular formula is C13H18FNO2S. The van der Waals surface area contributed by atoms with Crippen molar-refractivity contribution < 1.29 is 13.7 Å². The SMILES string of the molecule is COCc1ccc(F)c(/C=N/[S@+]([O-])C(C)(C)C)c1. The molecule has 0 heterocycles. The predicted octanol–water partition coefficient (Wildman–Crippen LogP) is 2.85. The van der Waals surface area contributed by atoms with Gasteiger partial charge in [0.1, 0.15) is 21.9 Å². The third-order valence-corrected chi connectivity index (χ3v) is 3.53. The fourth-order valence-corrected chi connectivity index (χ4v) is 1.74. The highest BCUT2D eigenvalue weighted by molar-refractivity contribution is 7.91. The number of rotatable bonds is 4. The van der Waals surface area contributed by atoms with Crippen molar-refractivity contribution >= 4 is 17.6 Å². The number of ether oxygens (including phenoxy) is 1. The molecule has 1 aromatic rings. The molecule has 5 heteroatoms. The van der Waals surface area contributed by atoms with E-state index in [0.717, 1.165) is 5.56 Å². The second kappa shape index (κ2) is 6.31. The quantitative estimate of drug-likeness (QED) is 0.624. The van der Waals surface area contributed by atoms with Crippen LogP contribution in [0, 0.1) is 5.82 Å². The Balaban J connectivity index is 2.89. The van der Waals surface area contributed by atoms with Crippen molar-refractivity contribution in [3.8, 4) is 0 Å². The van der Waals surface area contributed by atoms with Crippen molar-refractivity contribution in [1.82, 2.24) is 0 Å². The van der Waals surface area contributed by atoms with E-state index in [1.807, 2.05) is 20.8 Å². The average molecular weight is 271 g/mol. The van der Waals surface area contributed by atoms with Crippen LogP contribution in [0.5, 0.6) is 0 Å². The number of hydrogen-bond acceptors (Lipinski definition) is 3. The van der Waals surface area contributed by atoms with Crippen molar-refractivity contribution in [2.24, 2.45) is 4.40 Å². The molecule has 0 bridgehead atoms. The summed E-state index contributed by atoms with van der Waals surface area (Å²) < 4.78 is 33.7. The van der Waals surface area contributed by atoms with E-state index in [4.69, 9.17) is 4.74 Å². The fraction of sp³-hybridized carbons (Fsp3) is 0.462. The first kappa shape index (κ1) is 15.1. The fourth-order valence-electron chi connectivity index (χ4n) is 1.21. The molecule has 0 aliphatic rings. The minimum atomic E-state index is -1.38. The average Bonchev–Trinajstić information content (AvgIpc) is 2.28. The molecule has 1 aromatic carbocycles. The van der Waals surface area contributed by atoms with Crippen molar-refractivity contribution in [2.75, 3.05) is 7.11 Å². The summed E-state index contributed by atoms with van der Waals surface area (Å²) in [6, 6.07) is 4.65. The minimum absolute atomic E-state index is 0.321. The molecule has 0 radical (unpaired) electrons. The summed E-state index contributed by atoms with van der Waals surface area (Å²) >= 11 is -1.38. The summed E-state index contributed by atoms with van der Waals surface area (Å²) in [6.45, 7) is 5.86. The zero-order valence-electron chi connectivity index (χ0n) is 11.1. The lowest BCUT2D eigenvalue weighted by Gasteiger charge is -2.17. The lowest BCUT2D eigenvalue weighted by atomic mass is 10.1. The largest absolute Gasteiger partial charge is 0.591 e. The smallest absolute Gasteiger partial charge is 0.144 e. The van der Waals surface area contributed by atoms with Crippen LogP contribution in [0.1, 0.15) is 31.9 Å². The van der Waals surface area contributed by atoms with Gasteiger partial charge in [-0.1, -0.05) is 10.5 Å². The Morgan fingerprint density at radius 2 is 2.11 bits per heavy atom. The summed E-state index contributed by atoms with van der Waals surface area (Å²) in [7, 11) is 1.58.